The van der Waals surface area contributed by atoms with Gasteiger partial charge in [0.2, 0.25) is 10.0 Å². The summed E-state index contributed by atoms with van der Waals surface area (Å²) < 4.78 is 72.6. The molecule has 0 unspecified atom stereocenters. The summed E-state index contributed by atoms with van der Waals surface area (Å²) in [6, 6.07) is 20.5. The number of aromatic nitrogens is 1. The van der Waals surface area contributed by atoms with Crippen LogP contribution in [-0.2, 0) is 29.3 Å². The molecule has 0 spiro atoms. The van der Waals surface area contributed by atoms with Gasteiger partial charge < -0.3 is 4.74 Å². The molecule has 4 aromatic rings. The van der Waals surface area contributed by atoms with Crippen LogP contribution in [0.5, 0.6) is 5.75 Å². The van der Waals surface area contributed by atoms with Gasteiger partial charge in [-0.15, -0.1) is 0 Å². The van der Waals surface area contributed by atoms with Crippen molar-refractivity contribution < 1.29 is 31.1 Å². The van der Waals surface area contributed by atoms with E-state index >= 15 is 0 Å². The van der Waals surface area contributed by atoms with Crippen LogP contribution in [0.25, 0.3) is 0 Å². The monoisotopic (exact) mass is 596 g/mol. The van der Waals surface area contributed by atoms with E-state index in [9.17, 15) is 26.4 Å². The summed E-state index contributed by atoms with van der Waals surface area (Å²) in [4.78, 5) is 16.8. The van der Waals surface area contributed by atoms with Gasteiger partial charge in [0.05, 0.1) is 23.3 Å². The maximum Gasteiger partial charge on any atom is 0.416 e. The minimum atomic E-state index is -4.50. The van der Waals surface area contributed by atoms with E-state index in [1.807, 2.05) is 0 Å². The third-order valence-corrected chi connectivity index (χ3v) is 8.09. The minimum Gasteiger partial charge on any atom is -0.497 e. The molecule has 218 valence electrons. The standard InChI is InChI=1S/C30H27F3N4O4S/c1-21(25-6-3-7-26(17-25)30(31,32)33)35-36-29(38)24-10-8-22(9-11-24)19-37(20-23-5-4-16-34-18-23)42(39,40)28-14-12-27(41-2)13-15-28/h3-18H,19-20H2,1-2H3,(H,36,38)/b35-21+. The normalized spacial score (nSPS) is 12.3. The first-order valence-electron chi connectivity index (χ1n) is 12.6. The number of amides is 1. The fraction of sp³-hybridized carbons (Fsp3) is 0.167. The number of hydrogen-bond acceptors (Lipinski definition) is 6. The van der Waals surface area contributed by atoms with Crippen molar-refractivity contribution in [3.8, 4) is 5.75 Å². The zero-order chi connectivity index (χ0) is 30.3. The lowest BCUT2D eigenvalue weighted by Crippen LogP contribution is -2.30. The van der Waals surface area contributed by atoms with Gasteiger partial charge in [-0.05, 0) is 78.2 Å². The van der Waals surface area contributed by atoms with Crippen LogP contribution in [0.1, 0.15) is 39.5 Å². The number of halogens is 3. The number of rotatable bonds is 10. The van der Waals surface area contributed by atoms with Gasteiger partial charge in [0.15, 0.2) is 0 Å². The van der Waals surface area contributed by atoms with Gasteiger partial charge in [-0.1, -0.05) is 30.3 Å². The molecule has 1 aromatic heterocycles. The molecule has 0 aliphatic rings. The van der Waals surface area contributed by atoms with Crippen molar-refractivity contribution in [1.29, 1.82) is 0 Å². The highest BCUT2D eigenvalue weighted by Crippen LogP contribution is 2.29. The number of sulfonamides is 1. The molecular formula is C30H27F3N4O4S. The van der Waals surface area contributed by atoms with Crippen molar-refractivity contribution in [2.45, 2.75) is 31.1 Å². The zero-order valence-electron chi connectivity index (χ0n) is 22.7. The number of hydrazone groups is 1. The summed E-state index contributed by atoms with van der Waals surface area (Å²) >= 11 is 0. The summed E-state index contributed by atoms with van der Waals surface area (Å²) in [6.07, 6.45) is -1.31. The molecule has 1 N–H and O–H groups in total. The van der Waals surface area contributed by atoms with E-state index in [-0.39, 0.29) is 34.8 Å². The molecule has 0 fully saturated rings. The second-order valence-corrected chi connectivity index (χ2v) is 11.2. The van der Waals surface area contributed by atoms with Gasteiger partial charge >= 0.3 is 6.18 Å². The molecule has 0 aliphatic heterocycles. The van der Waals surface area contributed by atoms with Crippen molar-refractivity contribution in [1.82, 2.24) is 14.7 Å². The Bertz CT molecular complexity index is 1660. The van der Waals surface area contributed by atoms with E-state index in [0.717, 1.165) is 12.1 Å². The minimum absolute atomic E-state index is 0.0119. The highest BCUT2D eigenvalue weighted by Gasteiger charge is 2.30. The van der Waals surface area contributed by atoms with Crippen molar-refractivity contribution in [3.05, 3.63) is 125 Å². The largest absolute Gasteiger partial charge is 0.497 e. The summed E-state index contributed by atoms with van der Waals surface area (Å²) in [6.45, 7) is 1.56. The first kappa shape index (κ1) is 30.4. The Morgan fingerprint density at radius 1 is 0.929 bits per heavy atom. The number of nitrogens with one attached hydrogen (secondary N) is 1. The van der Waals surface area contributed by atoms with Crippen molar-refractivity contribution in [2.24, 2.45) is 5.10 Å². The Hall–Kier alpha value is -4.55. The quantitative estimate of drug-likeness (QED) is 0.188. The van der Waals surface area contributed by atoms with Crippen LogP contribution in [0.3, 0.4) is 0 Å². The predicted molar refractivity (Wildman–Crippen MR) is 151 cm³/mol. The summed E-state index contributed by atoms with van der Waals surface area (Å²) in [5.74, 6) is -0.0538. The Labute approximate surface area is 241 Å². The van der Waals surface area contributed by atoms with E-state index in [1.54, 1.807) is 48.8 Å². The molecule has 42 heavy (non-hydrogen) atoms. The third kappa shape index (κ3) is 7.59. The maximum absolute atomic E-state index is 13.6. The molecule has 12 heteroatoms. The lowest BCUT2D eigenvalue weighted by Gasteiger charge is -2.22. The third-order valence-electron chi connectivity index (χ3n) is 6.29. The SMILES string of the molecule is COc1ccc(S(=O)(=O)N(Cc2ccc(C(=O)N/N=C(\C)c3cccc(C(F)(F)F)c3)cc2)Cc2cccnc2)cc1. The maximum atomic E-state index is 13.6. The average molecular weight is 597 g/mol. The van der Waals surface area contributed by atoms with E-state index in [4.69, 9.17) is 4.74 Å². The molecular weight excluding hydrogens is 569 g/mol. The van der Waals surface area contributed by atoms with Crippen molar-refractivity contribution >= 4 is 21.6 Å². The van der Waals surface area contributed by atoms with Gasteiger partial charge in [-0.2, -0.15) is 22.6 Å². The van der Waals surface area contributed by atoms with Crippen LogP contribution in [0, 0.1) is 0 Å². The van der Waals surface area contributed by atoms with Crippen LogP contribution >= 0.6 is 0 Å². The lowest BCUT2D eigenvalue weighted by molar-refractivity contribution is -0.137. The van der Waals surface area contributed by atoms with Crippen LogP contribution < -0.4 is 10.2 Å². The van der Waals surface area contributed by atoms with Gasteiger partial charge in [0.25, 0.3) is 5.91 Å². The number of carbonyl (C=O) groups is 1. The molecule has 0 aliphatic carbocycles. The second-order valence-electron chi connectivity index (χ2n) is 9.22. The van der Waals surface area contributed by atoms with Crippen molar-refractivity contribution in [3.63, 3.8) is 0 Å². The van der Waals surface area contributed by atoms with Gasteiger partial charge in [0, 0.05) is 31.0 Å². The molecule has 3 aromatic carbocycles. The summed E-state index contributed by atoms with van der Waals surface area (Å²) in [7, 11) is -2.43. The molecule has 4 rings (SSSR count). The van der Waals surface area contributed by atoms with E-state index < -0.39 is 27.7 Å². The summed E-state index contributed by atoms with van der Waals surface area (Å²) in [5, 5.41) is 3.94. The lowest BCUT2D eigenvalue weighted by atomic mass is 10.1. The van der Waals surface area contributed by atoms with E-state index in [2.05, 4.69) is 15.5 Å². The molecule has 1 heterocycles. The molecule has 1 amide bonds. The van der Waals surface area contributed by atoms with Gasteiger partial charge in [0.1, 0.15) is 5.75 Å². The number of carbonyl (C=O) groups excluding carboxylic acids is 1. The number of nitrogens with zero attached hydrogens (tertiary/aromatic N) is 3. The van der Waals surface area contributed by atoms with Crippen LogP contribution in [0.4, 0.5) is 13.2 Å². The number of methoxy groups -OCH3 is 1. The highest BCUT2D eigenvalue weighted by molar-refractivity contribution is 7.89. The number of ether oxygens (including phenoxy) is 1. The van der Waals surface area contributed by atoms with Crippen LogP contribution in [0.2, 0.25) is 0 Å². The number of hydrogen-bond donors (Lipinski definition) is 1. The Kier molecular flexibility index (Phi) is 9.38. The smallest absolute Gasteiger partial charge is 0.416 e. The van der Waals surface area contributed by atoms with Crippen LogP contribution in [-0.4, -0.2) is 36.4 Å². The topological polar surface area (TPSA) is 101 Å². The summed E-state index contributed by atoms with van der Waals surface area (Å²) in [5.41, 5.74) is 3.49. The first-order valence-corrected chi connectivity index (χ1v) is 14.1. The Morgan fingerprint density at radius 3 is 2.24 bits per heavy atom. The molecule has 0 radical (unpaired) electrons. The number of benzene rings is 3. The molecule has 0 atom stereocenters. The number of pyridine rings is 1. The molecule has 0 saturated carbocycles. The second kappa shape index (κ2) is 13.0. The molecule has 8 nitrogen and oxygen atoms in total. The van der Waals surface area contributed by atoms with Crippen LogP contribution in [0.15, 0.2) is 107 Å². The Morgan fingerprint density at radius 2 is 1.62 bits per heavy atom. The fourth-order valence-electron chi connectivity index (χ4n) is 3.97. The van der Waals surface area contributed by atoms with Crippen molar-refractivity contribution in [2.75, 3.05) is 7.11 Å². The molecule has 0 saturated heterocycles. The Balaban J connectivity index is 1.50. The zero-order valence-corrected chi connectivity index (χ0v) is 23.5. The van der Waals surface area contributed by atoms with Gasteiger partial charge in [-0.3, -0.25) is 9.78 Å². The average Bonchev–Trinajstić information content (AvgIpc) is 3.00. The van der Waals surface area contributed by atoms with Gasteiger partial charge in [-0.25, -0.2) is 13.8 Å². The predicted octanol–water partition coefficient (Wildman–Crippen LogP) is 5.65. The highest BCUT2D eigenvalue weighted by atomic mass is 32.2. The fourth-order valence-corrected chi connectivity index (χ4v) is 5.38. The van der Waals surface area contributed by atoms with E-state index in [1.165, 1.54) is 54.7 Å². The molecule has 0 bridgehead atoms. The van der Waals surface area contributed by atoms with E-state index in [0.29, 0.717) is 16.9 Å². The first-order chi connectivity index (χ1) is 20.0. The number of alkyl halides is 3.